The van der Waals surface area contributed by atoms with Gasteiger partial charge in [0.15, 0.2) is 5.75 Å². The van der Waals surface area contributed by atoms with Crippen molar-refractivity contribution in [3.8, 4) is 5.75 Å². The molecular formula is C20H17BrN2O6. The van der Waals surface area contributed by atoms with Gasteiger partial charge in [0.05, 0.1) is 23.9 Å². The molecule has 1 aliphatic rings. The molecule has 0 spiro atoms. The number of hydrogen-bond acceptors (Lipinski definition) is 6. The number of hydrogen-bond donors (Lipinski definition) is 2. The Hall–Kier alpha value is -3.20. The molecule has 0 atom stereocenters. The van der Waals surface area contributed by atoms with Gasteiger partial charge in [-0.1, -0.05) is 22.0 Å². The van der Waals surface area contributed by atoms with Crippen LogP contribution in [0.2, 0.25) is 0 Å². The number of ether oxygens (including phenoxy) is 1. The third-order valence-electron chi connectivity index (χ3n) is 4.43. The molecule has 0 aliphatic carbocycles. The Morgan fingerprint density at radius 2 is 1.86 bits per heavy atom. The monoisotopic (exact) mass is 460 g/mol. The summed E-state index contributed by atoms with van der Waals surface area (Å²) in [5.74, 6) is -2.33. The van der Waals surface area contributed by atoms with E-state index in [2.05, 4.69) is 26.0 Å². The molecule has 0 fully saturated rings. The van der Waals surface area contributed by atoms with Crippen molar-refractivity contribution in [3.63, 3.8) is 0 Å². The average molecular weight is 461 g/mol. The van der Waals surface area contributed by atoms with Gasteiger partial charge < -0.3 is 15.2 Å². The van der Waals surface area contributed by atoms with E-state index in [0.717, 1.165) is 4.90 Å². The molecule has 3 amide bonds. The van der Waals surface area contributed by atoms with Crippen molar-refractivity contribution >= 4 is 45.3 Å². The molecular weight excluding hydrogens is 444 g/mol. The molecule has 29 heavy (non-hydrogen) atoms. The number of benzene rings is 2. The maximum Gasteiger partial charge on any atom is 0.341 e. The lowest BCUT2D eigenvalue weighted by Crippen LogP contribution is -2.31. The first kappa shape index (κ1) is 20.5. The Kier molecular flexibility index (Phi) is 5.97. The van der Waals surface area contributed by atoms with E-state index in [4.69, 9.17) is 0 Å². The van der Waals surface area contributed by atoms with Crippen LogP contribution in [0, 0.1) is 0 Å². The third-order valence-corrected chi connectivity index (χ3v) is 4.93. The lowest BCUT2D eigenvalue weighted by Gasteiger charge is -2.14. The van der Waals surface area contributed by atoms with E-state index >= 15 is 0 Å². The summed E-state index contributed by atoms with van der Waals surface area (Å²) in [5.41, 5.74) is 0.677. The van der Waals surface area contributed by atoms with Crippen molar-refractivity contribution < 1.29 is 29.0 Å². The largest absolute Gasteiger partial charge is 0.505 e. The molecule has 1 aliphatic heterocycles. The number of phenolic OH excluding ortho intramolecular Hbond substituents is 1. The number of fused-ring (bicyclic) bond motifs is 1. The zero-order valence-electron chi connectivity index (χ0n) is 15.4. The summed E-state index contributed by atoms with van der Waals surface area (Å²) in [4.78, 5) is 49.7. The molecule has 0 unspecified atom stereocenters. The molecule has 2 N–H and O–H groups in total. The Labute approximate surface area is 174 Å². The molecule has 2 aromatic rings. The molecule has 1 heterocycles. The molecule has 0 saturated heterocycles. The SMILES string of the molecule is COC(=O)c1cccc(NC(=O)CCCN2C(=O)c3ccc(Br)cc3C2=O)c1O. The number of carbonyl (C=O) groups excluding carboxylic acids is 4. The fraction of sp³-hybridized carbons (Fsp3) is 0.200. The van der Waals surface area contributed by atoms with E-state index in [9.17, 15) is 24.3 Å². The van der Waals surface area contributed by atoms with Gasteiger partial charge in [-0.2, -0.15) is 0 Å². The minimum atomic E-state index is -0.726. The van der Waals surface area contributed by atoms with E-state index in [1.165, 1.54) is 25.3 Å². The van der Waals surface area contributed by atoms with Gasteiger partial charge >= 0.3 is 5.97 Å². The van der Waals surface area contributed by atoms with Crippen molar-refractivity contribution in [2.45, 2.75) is 12.8 Å². The van der Waals surface area contributed by atoms with Crippen LogP contribution in [0.1, 0.15) is 43.9 Å². The lowest BCUT2D eigenvalue weighted by molar-refractivity contribution is -0.116. The number of halogens is 1. The highest BCUT2D eigenvalue weighted by Gasteiger charge is 2.35. The minimum absolute atomic E-state index is 0.0129. The molecule has 0 saturated carbocycles. The van der Waals surface area contributed by atoms with Crippen molar-refractivity contribution in [2.24, 2.45) is 0 Å². The first-order chi connectivity index (χ1) is 13.8. The smallest absolute Gasteiger partial charge is 0.341 e. The fourth-order valence-corrected chi connectivity index (χ4v) is 3.36. The van der Waals surface area contributed by atoms with E-state index in [1.807, 2.05) is 0 Å². The molecule has 3 rings (SSSR count). The van der Waals surface area contributed by atoms with E-state index in [0.29, 0.717) is 15.6 Å². The van der Waals surface area contributed by atoms with Crippen LogP contribution in [-0.2, 0) is 9.53 Å². The van der Waals surface area contributed by atoms with Crippen LogP contribution in [0.25, 0.3) is 0 Å². The number of nitrogens with one attached hydrogen (secondary N) is 1. The van der Waals surface area contributed by atoms with Gasteiger partial charge in [0, 0.05) is 17.4 Å². The lowest BCUT2D eigenvalue weighted by atomic mass is 10.1. The van der Waals surface area contributed by atoms with Gasteiger partial charge in [-0.25, -0.2) is 4.79 Å². The number of esters is 1. The highest BCUT2D eigenvalue weighted by molar-refractivity contribution is 9.10. The standard InChI is InChI=1S/C20H17BrN2O6/c1-29-20(28)13-4-2-5-15(17(13)25)22-16(24)6-3-9-23-18(26)12-8-7-11(21)10-14(12)19(23)27/h2,4-5,7-8,10,25H,3,6,9H2,1H3,(H,22,24). The van der Waals surface area contributed by atoms with Gasteiger partial charge in [-0.3, -0.25) is 19.3 Å². The zero-order valence-corrected chi connectivity index (χ0v) is 17.0. The summed E-state index contributed by atoms with van der Waals surface area (Å²) in [7, 11) is 1.19. The van der Waals surface area contributed by atoms with Crippen molar-refractivity contribution in [1.82, 2.24) is 4.90 Å². The molecule has 150 valence electrons. The summed E-state index contributed by atoms with van der Waals surface area (Å²) in [6.07, 6.45) is 0.259. The topological polar surface area (TPSA) is 113 Å². The summed E-state index contributed by atoms with van der Waals surface area (Å²) in [6.45, 7) is 0.0889. The highest BCUT2D eigenvalue weighted by atomic mass is 79.9. The number of carbonyl (C=O) groups is 4. The highest BCUT2D eigenvalue weighted by Crippen LogP contribution is 2.29. The molecule has 0 bridgehead atoms. The Morgan fingerprint density at radius 3 is 2.59 bits per heavy atom. The number of para-hydroxylation sites is 1. The van der Waals surface area contributed by atoms with Gasteiger partial charge in [-0.15, -0.1) is 0 Å². The summed E-state index contributed by atoms with van der Waals surface area (Å²) >= 11 is 3.28. The van der Waals surface area contributed by atoms with Gasteiger partial charge in [0.1, 0.15) is 5.56 Å². The Balaban J connectivity index is 1.58. The van der Waals surface area contributed by atoms with Gasteiger partial charge in [-0.05, 0) is 36.8 Å². The maximum absolute atomic E-state index is 12.4. The number of imide groups is 1. The predicted octanol–water partition coefficient (Wildman–Crippen LogP) is 2.96. The molecule has 9 heteroatoms. The zero-order chi connectivity index (χ0) is 21.1. The second-order valence-electron chi connectivity index (χ2n) is 6.30. The van der Waals surface area contributed by atoms with Crippen molar-refractivity contribution in [1.29, 1.82) is 0 Å². The van der Waals surface area contributed by atoms with E-state index in [-0.39, 0.29) is 36.5 Å². The summed E-state index contributed by atoms with van der Waals surface area (Å²) < 4.78 is 5.27. The van der Waals surface area contributed by atoms with Crippen LogP contribution >= 0.6 is 15.9 Å². The second kappa shape index (κ2) is 8.44. The number of aromatic hydroxyl groups is 1. The normalized spacial score (nSPS) is 12.7. The number of amides is 3. The van der Waals surface area contributed by atoms with Crippen molar-refractivity contribution in [3.05, 3.63) is 57.6 Å². The average Bonchev–Trinajstić information content (AvgIpc) is 2.93. The third kappa shape index (κ3) is 4.14. The first-order valence-corrected chi connectivity index (χ1v) is 9.48. The maximum atomic E-state index is 12.4. The van der Waals surface area contributed by atoms with Crippen LogP contribution in [0.5, 0.6) is 5.75 Å². The van der Waals surface area contributed by atoms with Crippen LogP contribution in [0.4, 0.5) is 5.69 Å². The van der Waals surface area contributed by atoms with E-state index < -0.39 is 23.5 Å². The first-order valence-electron chi connectivity index (χ1n) is 8.69. The van der Waals surface area contributed by atoms with Crippen molar-refractivity contribution in [2.75, 3.05) is 19.0 Å². The predicted molar refractivity (Wildman–Crippen MR) is 107 cm³/mol. The van der Waals surface area contributed by atoms with Gasteiger partial charge in [0.2, 0.25) is 5.91 Å². The number of methoxy groups -OCH3 is 1. The molecule has 8 nitrogen and oxygen atoms in total. The van der Waals surface area contributed by atoms with Crippen LogP contribution in [0.15, 0.2) is 40.9 Å². The minimum Gasteiger partial charge on any atom is -0.505 e. The Morgan fingerprint density at radius 1 is 1.14 bits per heavy atom. The molecule has 0 aromatic heterocycles. The number of rotatable bonds is 6. The summed E-state index contributed by atoms with van der Waals surface area (Å²) in [6, 6.07) is 9.19. The quantitative estimate of drug-likeness (QED) is 0.389. The van der Waals surface area contributed by atoms with Crippen LogP contribution in [0.3, 0.4) is 0 Å². The Bertz CT molecular complexity index is 1020. The van der Waals surface area contributed by atoms with Crippen LogP contribution in [-0.4, -0.2) is 47.4 Å². The molecule has 2 aromatic carbocycles. The fourth-order valence-electron chi connectivity index (χ4n) is 3.00. The van der Waals surface area contributed by atoms with Crippen LogP contribution < -0.4 is 5.32 Å². The molecule has 0 radical (unpaired) electrons. The summed E-state index contributed by atoms with van der Waals surface area (Å²) in [5, 5.41) is 12.6. The second-order valence-corrected chi connectivity index (χ2v) is 7.21. The number of phenols is 1. The number of nitrogens with zero attached hydrogens (tertiary/aromatic N) is 1. The number of anilines is 1. The van der Waals surface area contributed by atoms with Gasteiger partial charge in [0.25, 0.3) is 11.8 Å². The van der Waals surface area contributed by atoms with E-state index in [1.54, 1.807) is 18.2 Å².